The Kier molecular flexibility index (Phi) is 4.09. The summed E-state index contributed by atoms with van der Waals surface area (Å²) < 4.78 is 29.4. The third-order valence-electron chi connectivity index (χ3n) is 1.54. The van der Waals surface area contributed by atoms with Crippen LogP contribution < -0.4 is 5.73 Å². The number of methoxy groups -OCH3 is 1. The van der Waals surface area contributed by atoms with Crippen molar-refractivity contribution in [3.63, 3.8) is 0 Å². The number of ether oxygens (including phenoxy) is 1. The first-order valence-corrected chi connectivity index (χ1v) is 3.64. The highest BCUT2D eigenvalue weighted by Gasteiger charge is 2.32. The summed E-state index contributed by atoms with van der Waals surface area (Å²) >= 11 is 0. The maximum Gasteiger partial charge on any atom is 0.322 e. The van der Waals surface area contributed by atoms with Gasteiger partial charge in [0.05, 0.1) is 7.11 Å². The van der Waals surface area contributed by atoms with Gasteiger partial charge in [-0.3, -0.25) is 4.79 Å². The molecule has 0 aliphatic carbocycles. The molecule has 0 aromatic heterocycles. The summed E-state index contributed by atoms with van der Waals surface area (Å²) in [4.78, 5) is 10.6. The summed E-state index contributed by atoms with van der Waals surface area (Å²) in [5.74, 6) is -3.68. The van der Waals surface area contributed by atoms with E-state index in [1.54, 1.807) is 0 Å². The maximum absolute atomic E-state index is 12.6. The fraction of sp³-hybridized carbons (Fsp3) is 0.857. The van der Waals surface area contributed by atoms with Gasteiger partial charge in [-0.1, -0.05) is 6.92 Å². The molecule has 0 saturated carbocycles. The summed E-state index contributed by atoms with van der Waals surface area (Å²) in [6.45, 7) is 1.34. The van der Waals surface area contributed by atoms with Gasteiger partial charge in [0, 0.05) is 12.8 Å². The molecule has 0 aromatic carbocycles. The van der Waals surface area contributed by atoms with Gasteiger partial charge in [-0.05, 0) is 0 Å². The number of rotatable bonds is 4. The summed E-state index contributed by atoms with van der Waals surface area (Å²) in [7, 11) is 1.12. The number of carbonyl (C=O) groups excluding carboxylic acids is 1. The second-order valence-corrected chi connectivity index (χ2v) is 2.54. The highest BCUT2D eigenvalue weighted by Crippen LogP contribution is 2.23. The van der Waals surface area contributed by atoms with Crippen LogP contribution in [0.4, 0.5) is 8.78 Å². The van der Waals surface area contributed by atoms with E-state index < -0.39 is 24.4 Å². The van der Waals surface area contributed by atoms with Crippen LogP contribution in [0, 0.1) is 0 Å². The zero-order valence-electron chi connectivity index (χ0n) is 7.14. The number of esters is 1. The SMILES string of the molecule is CCC(F)(F)C[C@H](N)C(=O)OC. The number of halogens is 2. The Hall–Kier alpha value is -0.710. The van der Waals surface area contributed by atoms with E-state index in [0.29, 0.717) is 0 Å². The zero-order valence-corrected chi connectivity index (χ0v) is 7.14. The molecule has 0 aliphatic rings. The fourth-order valence-corrected chi connectivity index (χ4v) is 0.701. The first kappa shape index (κ1) is 11.3. The highest BCUT2D eigenvalue weighted by atomic mass is 19.3. The molecule has 3 nitrogen and oxygen atoms in total. The van der Waals surface area contributed by atoms with Crippen molar-refractivity contribution < 1.29 is 18.3 Å². The molecule has 12 heavy (non-hydrogen) atoms. The topological polar surface area (TPSA) is 52.3 Å². The maximum atomic E-state index is 12.6. The minimum absolute atomic E-state index is 0.322. The third-order valence-corrected chi connectivity index (χ3v) is 1.54. The molecule has 0 aromatic rings. The normalized spacial score (nSPS) is 14.1. The molecule has 0 rings (SSSR count). The molecule has 1 atom stereocenters. The molecule has 0 fully saturated rings. The predicted octanol–water partition coefficient (Wildman–Crippen LogP) is 0.922. The van der Waals surface area contributed by atoms with E-state index in [0.717, 1.165) is 7.11 Å². The molecular weight excluding hydrogens is 168 g/mol. The van der Waals surface area contributed by atoms with Crippen molar-refractivity contribution in [2.24, 2.45) is 5.73 Å². The van der Waals surface area contributed by atoms with Crippen molar-refractivity contribution in [2.75, 3.05) is 7.11 Å². The molecule has 0 heterocycles. The van der Waals surface area contributed by atoms with E-state index in [4.69, 9.17) is 5.73 Å². The van der Waals surface area contributed by atoms with Crippen LogP contribution in [0.2, 0.25) is 0 Å². The average Bonchev–Trinajstić information content (AvgIpc) is 2.02. The lowest BCUT2D eigenvalue weighted by molar-refractivity contribution is -0.144. The molecule has 0 aliphatic heterocycles. The summed E-state index contributed by atoms with van der Waals surface area (Å²) in [5, 5.41) is 0. The van der Waals surface area contributed by atoms with Crippen LogP contribution in [-0.4, -0.2) is 25.0 Å². The number of hydrogen-bond acceptors (Lipinski definition) is 3. The van der Waals surface area contributed by atoms with Crippen molar-refractivity contribution in [1.29, 1.82) is 0 Å². The monoisotopic (exact) mass is 181 g/mol. The molecule has 0 amide bonds. The first-order valence-electron chi connectivity index (χ1n) is 3.64. The van der Waals surface area contributed by atoms with Gasteiger partial charge in [0.2, 0.25) is 5.92 Å². The summed E-state index contributed by atoms with van der Waals surface area (Å²) in [6.07, 6.45) is -0.978. The number of alkyl halides is 2. The van der Waals surface area contributed by atoms with Crippen molar-refractivity contribution in [2.45, 2.75) is 31.7 Å². The van der Waals surface area contributed by atoms with Gasteiger partial charge in [-0.2, -0.15) is 0 Å². The third kappa shape index (κ3) is 3.61. The van der Waals surface area contributed by atoms with Gasteiger partial charge in [0.1, 0.15) is 6.04 Å². The largest absolute Gasteiger partial charge is 0.468 e. The summed E-state index contributed by atoms with van der Waals surface area (Å²) in [6, 6.07) is -1.23. The lowest BCUT2D eigenvalue weighted by atomic mass is 10.1. The van der Waals surface area contributed by atoms with Crippen LogP contribution >= 0.6 is 0 Å². The Bertz CT molecular complexity index is 161. The fourth-order valence-electron chi connectivity index (χ4n) is 0.701. The Morgan fingerprint density at radius 2 is 2.17 bits per heavy atom. The van der Waals surface area contributed by atoms with E-state index in [2.05, 4.69) is 4.74 Å². The zero-order chi connectivity index (χ0) is 9.78. The quantitative estimate of drug-likeness (QED) is 0.656. The second kappa shape index (κ2) is 4.35. The molecule has 5 heteroatoms. The van der Waals surface area contributed by atoms with E-state index in [-0.39, 0.29) is 6.42 Å². The predicted molar refractivity (Wildman–Crippen MR) is 39.8 cm³/mol. The smallest absolute Gasteiger partial charge is 0.322 e. The molecule has 0 saturated heterocycles. The molecule has 0 radical (unpaired) electrons. The number of nitrogens with two attached hydrogens (primary N) is 1. The molecule has 72 valence electrons. The van der Waals surface area contributed by atoms with Crippen LogP contribution in [0.25, 0.3) is 0 Å². The van der Waals surface area contributed by atoms with Crippen molar-refractivity contribution in [3.8, 4) is 0 Å². The Morgan fingerprint density at radius 3 is 2.50 bits per heavy atom. The van der Waals surface area contributed by atoms with Crippen molar-refractivity contribution >= 4 is 5.97 Å². The van der Waals surface area contributed by atoms with Crippen molar-refractivity contribution in [1.82, 2.24) is 0 Å². The summed E-state index contributed by atoms with van der Waals surface area (Å²) in [5.41, 5.74) is 5.13. The minimum atomic E-state index is -2.88. The molecule has 0 bridgehead atoms. The number of hydrogen-bond donors (Lipinski definition) is 1. The van der Waals surface area contributed by atoms with Crippen LogP contribution in [0.5, 0.6) is 0 Å². The van der Waals surface area contributed by atoms with E-state index in [1.165, 1.54) is 6.92 Å². The van der Waals surface area contributed by atoms with Crippen LogP contribution in [0.3, 0.4) is 0 Å². The van der Waals surface area contributed by atoms with Gasteiger partial charge in [0.15, 0.2) is 0 Å². The van der Waals surface area contributed by atoms with Crippen LogP contribution in [-0.2, 0) is 9.53 Å². The minimum Gasteiger partial charge on any atom is -0.468 e. The Labute approximate surface area is 69.9 Å². The van der Waals surface area contributed by atoms with Gasteiger partial charge in [0.25, 0.3) is 0 Å². The molecule has 0 unspecified atom stereocenters. The lowest BCUT2D eigenvalue weighted by Crippen LogP contribution is -2.37. The van der Waals surface area contributed by atoms with Gasteiger partial charge < -0.3 is 10.5 Å². The number of carbonyl (C=O) groups is 1. The van der Waals surface area contributed by atoms with Gasteiger partial charge in [-0.25, -0.2) is 8.78 Å². The van der Waals surface area contributed by atoms with Crippen LogP contribution in [0.1, 0.15) is 19.8 Å². The van der Waals surface area contributed by atoms with Crippen LogP contribution in [0.15, 0.2) is 0 Å². The first-order chi connectivity index (χ1) is 5.43. The van der Waals surface area contributed by atoms with E-state index in [1.807, 2.05) is 0 Å². The second-order valence-electron chi connectivity index (χ2n) is 2.54. The van der Waals surface area contributed by atoms with Gasteiger partial charge >= 0.3 is 5.97 Å². The Morgan fingerprint density at radius 1 is 1.67 bits per heavy atom. The van der Waals surface area contributed by atoms with E-state index >= 15 is 0 Å². The van der Waals surface area contributed by atoms with Crippen molar-refractivity contribution in [3.05, 3.63) is 0 Å². The molecule has 0 spiro atoms. The molecule has 2 N–H and O–H groups in total. The standard InChI is InChI=1S/C7H13F2NO2/c1-3-7(8,9)4-5(10)6(11)12-2/h5H,3-4,10H2,1-2H3/t5-/m0/s1. The lowest BCUT2D eigenvalue weighted by Gasteiger charge is -2.17. The van der Waals surface area contributed by atoms with E-state index in [9.17, 15) is 13.6 Å². The van der Waals surface area contributed by atoms with Gasteiger partial charge in [-0.15, -0.1) is 0 Å². The average molecular weight is 181 g/mol. The highest BCUT2D eigenvalue weighted by molar-refractivity contribution is 5.75. The molecular formula is C7H13F2NO2. The Balaban J connectivity index is 3.99.